The number of nitrogens with two attached hydrogens (primary N) is 1. The van der Waals surface area contributed by atoms with Crippen molar-refractivity contribution in [3.05, 3.63) is 11.9 Å². The van der Waals surface area contributed by atoms with Crippen molar-refractivity contribution in [1.82, 2.24) is 15.0 Å². The van der Waals surface area contributed by atoms with Gasteiger partial charge in [0.1, 0.15) is 5.69 Å². The van der Waals surface area contributed by atoms with Gasteiger partial charge in [-0.3, -0.25) is 9.48 Å². The summed E-state index contributed by atoms with van der Waals surface area (Å²) in [6.07, 6.45) is -4.78. The minimum atomic E-state index is -4.33. The molecular formula is C8H11F3N4O. The van der Waals surface area contributed by atoms with Gasteiger partial charge in [-0.25, -0.2) is 0 Å². The zero-order chi connectivity index (χ0) is 12.2. The van der Waals surface area contributed by atoms with E-state index in [1.54, 1.807) is 0 Å². The molecule has 0 spiro atoms. The number of halogens is 3. The van der Waals surface area contributed by atoms with E-state index in [2.05, 4.69) is 10.3 Å². The maximum absolute atomic E-state index is 11.8. The summed E-state index contributed by atoms with van der Waals surface area (Å²) in [6.45, 7) is 0.694. The molecule has 0 unspecified atom stereocenters. The smallest absolute Gasteiger partial charge is 0.329 e. The second-order valence-electron chi connectivity index (χ2n) is 3.19. The monoisotopic (exact) mass is 236 g/mol. The highest BCUT2D eigenvalue weighted by Gasteiger charge is 2.28. The zero-order valence-corrected chi connectivity index (χ0v) is 8.37. The SMILES string of the molecule is NCCn1cc(C(=O)CCC(F)(F)F)nn1. The van der Waals surface area contributed by atoms with Gasteiger partial charge in [-0.2, -0.15) is 13.2 Å². The van der Waals surface area contributed by atoms with Crippen LogP contribution in [0.15, 0.2) is 6.20 Å². The van der Waals surface area contributed by atoms with Crippen molar-refractivity contribution in [3.63, 3.8) is 0 Å². The number of Topliss-reactive ketones (excluding diaryl/α,β-unsaturated/α-hetero) is 1. The summed E-state index contributed by atoms with van der Waals surface area (Å²) < 4.78 is 36.9. The molecule has 0 fully saturated rings. The molecule has 8 heteroatoms. The lowest BCUT2D eigenvalue weighted by Gasteiger charge is -2.03. The van der Waals surface area contributed by atoms with Crippen molar-refractivity contribution in [2.45, 2.75) is 25.6 Å². The van der Waals surface area contributed by atoms with Gasteiger partial charge in [0, 0.05) is 13.0 Å². The first kappa shape index (κ1) is 12.6. The van der Waals surface area contributed by atoms with Crippen molar-refractivity contribution >= 4 is 5.78 Å². The van der Waals surface area contributed by atoms with Gasteiger partial charge in [0.15, 0.2) is 5.78 Å². The number of hydrogen-bond acceptors (Lipinski definition) is 4. The van der Waals surface area contributed by atoms with E-state index in [4.69, 9.17) is 5.73 Å². The molecule has 5 nitrogen and oxygen atoms in total. The molecule has 90 valence electrons. The Morgan fingerprint density at radius 3 is 2.75 bits per heavy atom. The van der Waals surface area contributed by atoms with E-state index in [1.807, 2.05) is 0 Å². The topological polar surface area (TPSA) is 73.8 Å². The minimum Gasteiger partial charge on any atom is -0.329 e. The third kappa shape index (κ3) is 3.97. The van der Waals surface area contributed by atoms with E-state index in [9.17, 15) is 18.0 Å². The fraction of sp³-hybridized carbons (Fsp3) is 0.625. The summed E-state index contributed by atoms with van der Waals surface area (Å²) in [5, 5.41) is 7.03. The van der Waals surface area contributed by atoms with E-state index in [0.717, 1.165) is 0 Å². The minimum absolute atomic E-state index is 0.0577. The van der Waals surface area contributed by atoms with E-state index < -0.39 is 24.8 Å². The van der Waals surface area contributed by atoms with E-state index in [0.29, 0.717) is 13.1 Å². The van der Waals surface area contributed by atoms with Crippen LogP contribution in [0.5, 0.6) is 0 Å². The molecule has 0 bridgehead atoms. The molecule has 0 saturated carbocycles. The Hall–Kier alpha value is -1.44. The van der Waals surface area contributed by atoms with Gasteiger partial charge in [-0.05, 0) is 0 Å². The first-order valence-corrected chi connectivity index (χ1v) is 4.62. The van der Waals surface area contributed by atoms with Crippen LogP contribution in [0.25, 0.3) is 0 Å². The summed E-state index contributed by atoms with van der Waals surface area (Å²) >= 11 is 0. The lowest BCUT2D eigenvalue weighted by atomic mass is 10.2. The Morgan fingerprint density at radius 2 is 2.19 bits per heavy atom. The number of rotatable bonds is 5. The Labute approximate surface area is 89.4 Å². The molecule has 0 aliphatic carbocycles. The quantitative estimate of drug-likeness (QED) is 0.766. The number of aromatic nitrogens is 3. The number of hydrogen-bond donors (Lipinski definition) is 1. The second kappa shape index (κ2) is 5.06. The van der Waals surface area contributed by atoms with E-state index in [-0.39, 0.29) is 5.69 Å². The molecule has 0 saturated heterocycles. The highest BCUT2D eigenvalue weighted by atomic mass is 19.4. The van der Waals surface area contributed by atoms with Gasteiger partial charge in [0.2, 0.25) is 0 Å². The fourth-order valence-corrected chi connectivity index (χ4v) is 1.05. The van der Waals surface area contributed by atoms with Crippen LogP contribution in [-0.4, -0.2) is 33.5 Å². The molecule has 1 aromatic heterocycles. The van der Waals surface area contributed by atoms with Crippen LogP contribution in [0.4, 0.5) is 13.2 Å². The van der Waals surface area contributed by atoms with Crippen LogP contribution in [0.2, 0.25) is 0 Å². The number of carbonyl (C=O) groups is 1. The van der Waals surface area contributed by atoms with Crippen molar-refractivity contribution in [3.8, 4) is 0 Å². The predicted octanol–water partition coefficient (Wildman–Crippen LogP) is 0.762. The van der Waals surface area contributed by atoms with E-state index >= 15 is 0 Å². The molecule has 16 heavy (non-hydrogen) atoms. The number of carbonyl (C=O) groups excluding carboxylic acids is 1. The molecule has 0 aliphatic rings. The average Bonchev–Trinajstić information content (AvgIpc) is 2.62. The first-order valence-electron chi connectivity index (χ1n) is 4.62. The van der Waals surface area contributed by atoms with Gasteiger partial charge in [0.25, 0.3) is 0 Å². The molecule has 0 aromatic carbocycles. The molecule has 1 aromatic rings. The van der Waals surface area contributed by atoms with Crippen molar-refractivity contribution in [2.75, 3.05) is 6.54 Å². The normalized spacial score (nSPS) is 11.8. The summed E-state index contributed by atoms with van der Waals surface area (Å²) in [5.41, 5.74) is 5.18. The first-order chi connectivity index (χ1) is 7.42. The third-order valence-electron chi connectivity index (χ3n) is 1.82. The number of ketones is 1. The Morgan fingerprint density at radius 1 is 1.50 bits per heavy atom. The Kier molecular flexibility index (Phi) is 3.99. The molecule has 0 amide bonds. The maximum Gasteiger partial charge on any atom is 0.389 e. The van der Waals surface area contributed by atoms with Gasteiger partial charge in [-0.1, -0.05) is 5.21 Å². The summed E-state index contributed by atoms with van der Waals surface area (Å²) in [6, 6.07) is 0. The van der Waals surface area contributed by atoms with Gasteiger partial charge in [0.05, 0.1) is 19.2 Å². The van der Waals surface area contributed by atoms with Crippen LogP contribution in [0.1, 0.15) is 23.3 Å². The lowest BCUT2D eigenvalue weighted by Crippen LogP contribution is -2.11. The Balaban J connectivity index is 2.53. The second-order valence-corrected chi connectivity index (χ2v) is 3.19. The van der Waals surface area contributed by atoms with Crippen molar-refractivity contribution in [1.29, 1.82) is 0 Å². The van der Waals surface area contributed by atoms with Crippen LogP contribution in [0.3, 0.4) is 0 Å². The van der Waals surface area contributed by atoms with Crippen LogP contribution < -0.4 is 5.73 Å². The summed E-state index contributed by atoms with van der Waals surface area (Å²) in [4.78, 5) is 11.3. The van der Waals surface area contributed by atoms with Gasteiger partial charge < -0.3 is 5.73 Å². The highest BCUT2D eigenvalue weighted by Crippen LogP contribution is 2.22. The van der Waals surface area contributed by atoms with Crippen molar-refractivity contribution in [2.24, 2.45) is 5.73 Å². The Bertz CT molecular complexity index is 360. The summed E-state index contributed by atoms with van der Waals surface area (Å²) in [7, 11) is 0. The highest BCUT2D eigenvalue weighted by molar-refractivity contribution is 5.93. The third-order valence-corrected chi connectivity index (χ3v) is 1.82. The molecule has 0 atom stereocenters. The van der Waals surface area contributed by atoms with E-state index in [1.165, 1.54) is 10.9 Å². The maximum atomic E-state index is 11.8. The van der Waals surface area contributed by atoms with Gasteiger partial charge >= 0.3 is 6.18 Å². The summed E-state index contributed by atoms with van der Waals surface area (Å²) in [5.74, 6) is -0.666. The average molecular weight is 236 g/mol. The zero-order valence-electron chi connectivity index (χ0n) is 8.37. The lowest BCUT2D eigenvalue weighted by molar-refractivity contribution is -0.133. The molecule has 0 aliphatic heterocycles. The van der Waals surface area contributed by atoms with Crippen LogP contribution in [0, 0.1) is 0 Å². The van der Waals surface area contributed by atoms with Crippen molar-refractivity contribution < 1.29 is 18.0 Å². The fourth-order valence-electron chi connectivity index (χ4n) is 1.05. The molecular weight excluding hydrogens is 225 g/mol. The largest absolute Gasteiger partial charge is 0.389 e. The molecule has 1 rings (SSSR count). The van der Waals surface area contributed by atoms with Gasteiger partial charge in [-0.15, -0.1) is 5.10 Å². The predicted molar refractivity (Wildman–Crippen MR) is 48.7 cm³/mol. The van der Waals surface area contributed by atoms with Crippen LogP contribution >= 0.6 is 0 Å². The molecule has 2 N–H and O–H groups in total. The molecule has 0 radical (unpaired) electrons. The number of alkyl halides is 3. The standard InChI is InChI=1S/C8H11F3N4O/c9-8(10,11)2-1-7(16)6-5-15(4-3-12)14-13-6/h5H,1-4,12H2. The molecule has 1 heterocycles. The number of nitrogens with zero attached hydrogens (tertiary/aromatic N) is 3. The van der Waals surface area contributed by atoms with Crippen LogP contribution in [-0.2, 0) is 6.54 Å².